The SMILES string of the molecule is CC[C@H](NC(=O)[C@@H]1CN(S(C)(=O)=O)c2cc(Cl)ccc2O1)c1ccccc1. The lowest BCUT2D eigenvalue weighted by molar-refractivity contribution is -0.128. The van der Waals surface area contributed by atoms with E-state index in [1.165, 1.54) is 6.07 Å². The van der Waals surface area contributed by atoms with Gasteiger partial charge in [-0.2, -0.15) is 0 Å². The van der Waals surface area contributed by atoms with Crippen molar-refractivity contribution in [2.75, 3.05) is 17.1 Å². The predicted octanol–water partition coefficient (Wildman–Crippen LogP) is 3.13. The molecule has 1 heterocycles. The van der Waals surface area contributed by atoms with Crippen LogP contribution in [0.1, 0.15) is 24.9 Å². The van der Waals surface area contributed by atoms with E-state index in [-0.39, 0.29) is 18.5 Å². The van der Waals surface area contributed by atoms with Gasteiger partial charge in [0.25, 0.3) is 5.91 Å². The minimum absolute atomic E-state index is 0.108. The molecule has 1 N–H and O–H groups in total. The van der Waals surface area contributed by atoms with Crippen LogP contribution >= 0.6 is 11.6 Å². The highest BCUT2D eigenvalue weighted by Gasteiger charge is 2.35. The summed E-state index contributed by atoms with van der Waals surface area (Å²) in [5.41, 5.74) is 1.32. The van der Waals surface area contributed by atoms with Gasteiger partial charge in [-0.25, -0.2) is 8.42 Å². The first-order valence-electron chi connectivity index (χ1n) is 8.59. The maximum absolute atomic E-state index is 12.8. The van der Waals surface area contributed by atoms with E-state index in [2.05, 4.69) is 5.32 Å². The summed E-state index contributed by atoms with van der Waals surface area (Å²) < 4.78 is 31.4. The molecule has 0 aliphatic carbocycles. The minimum atomic E-state index is -3.59. The summed E-state index contributed by atoms with van der Waals surface area (Å²) in [5.74, 6) is -0.0519. The van der Waals surface area contributed by atoms with Gasteiger partial charge < -0.3 is 10.1 Å². The molecule has 27 heavy (non-hydrogen) atoms. The van der Waals surface area contributed by atoms with Crippen LogP contribution in [-0.4, -0.2) is 33.2 Å². The largest absolute Gasteiger partial charge is 0.476 e. The van der Waals surface area contributed by atoms with Crippen LogP contribution in [0.25, 0.3) is 0 Å². The second-order valence-electron chi connectivity index (χ2n) is 6.39. The average Bonchev–Trinajstić information content (AvgIpc) is 2.64. The maximum Gasteiger partial charge on any atom is 0.263 e. The Balaban J connectivity index is 1.85. The van der Waals surface area contributed by atoms with Crippen molar-refractivity contribution < 1.29 is 17.9 Å². The van der Waals surface area contributed by atoms with Crippen molar-refractivity contribution in [3.63, 3.8) is 0 Å². The molecule has 2 aromatic rings. The van der Waals surface area contributed by atoms with E-state index in [4.69, 9.17) is 16.3 Å². The zero-order valence-electron chi connectivity index (χ0n) is 15.1. The number of carbonyl (C=O) groups is 1. The number of rotatable bonds is 5. The minimum Gasteiger partial charge on any atom is -0.476 e. The van der Waals surface area contributed by atoms with Crippen LogP contribution in [0.3, 0.4) is 0 Å². The van der Waals surface area contributed by atoms with Gasteiger partial charge in [0.15, 0.2) is 6.10 Å². The lowest BCUT2D eigenvalue weighted by atomic mass is 10.0. The Hall–Kier alpha value is -2.25. The van der Waals surface area contributed by atoms with E-state index in [9.17, 15) is 13.2 Å². The first kappa shape index (κ1) is 19.5. The summed E-state index contributed by atoms with van der Waals surface area (Å²) in [6, 6.07) is 14.1. The summed E-state index contributed by atoms with van der Waals surface area (Å²) in [7, 11) is -3.59. The van der Waals surface area contributed by atoms with Crippen LogP contribution < -0.4 is 14.4 Å². The van der Waals surface area contributed by atoms with Gasteiger partial charge in [0.1, 0.15) is 5.75 Å². The summed E-state index contributed by atoms with van der Waals surface area (Å²) in [5, 5.41) is 3.35. The maximum atomic E-state index is 12.8. The first-order valence-corrected chi connectivity index (χ1v) is 10.8. The fourth-order valence-corrected chi connectivity index (χ4v) is 4.12. The number of nitrogens with one attached hydrogen (secondary N) is 1. The number of nitrogens with zero attached hydrogens (tertiary/aromatic N) is 1. The third-order valence-electron chi connectivity index (χ3n) is 4.41. The predicted molar refractivity (Wildman–Crippen MR) is 106 cm³/mol. The number of fused-ring (bicyclic) bond motifs is 1. The van der Waals surface area contributed by atoms with Gasteiger partial charge in [0, 0.05) is 5.02 Å². The number of halogens is 1. The van der Waals surface area contributed by atoms with Gasteiger partial charge in [-0.1, -0.05) is 48.9 Å². The summed E-state index contributed by atoms with van der Waals surface area (Å²) in [4.78, 5) is 12.8. The lowest BCUT2D eigenvalue weighted by Gasteiger charge is -2.34. The van der Waals surface area contributed by atoms with Gasteiger partial charge in [0.05, 0.1) is 24.5 Å². The Morgan fingerprint density at radius 3 is 2.63 bits per heavy atom. The smallest absolute Gasteiger partial charge is 0.263 e. The molecule has 0 fully saturated rings. The molecule has 6 nitrogen and oxygen atoms in total. The Labute approximate surface area is 164 Å². The van der Waals surface area contributed by atoms with E-state index < -0.39 is 16.1 Å². The Kier molecular flexibility index (Phi) is 5.62. The molecule has 1 aliphatic rings. The molecule has 8 heteroatoms. The molecule has 1 aliphatic heterocycles. The summed E-state index contributed by atoms with van der Waals surface area (Å²) >= 11 is 5.99. The van der Waals surface area contributed by atoms with Crippen molar-refractivity contribution in [2.24, 2.45) is 0 Å². The zero-order chi connectivity index (χ0) is 19.6. The molecular weight excluding hydrogens is 388 g/mol. The second-order valence-corrected chi connectivity index (χ2v) is 8.74. The highest BCUT2D eigenvalue weighted by atomic mass is 35.5. The number of benzene rings is 2. The Bertz CT molecular complexity index is 934. The number of carbonyl (C=O) groups excluding carboxylic acids is 1. The van der Waals surface area contributed by atoms with Crippen molar-refractivity contribution >= 4 is 33.2 Å². The topological polar surface area (TPSA) is 75.7 Å². The number of amides is 1. The molecular formula is C19H21ClN2O4S. The van der Waals surface area contributed by atoms with Gasteiger partial charge in [-0.3, -0.25) is 9.10 Å². The number of anilines is 1. The van der Waals surface area contributed by atoms with E-state index >= 15 is 0 Å². The molecule has 3 rings (SSSR count). The fraction of sp³-hybridized carbons (Fsp3) is 0.316. The van der Waals surface area contributed by atoms with Crippen molar-refractivity contribution in [1.29, 1.82) is 0 Å². The van der Waals surface area contributed by atoms with Crippen LogP contribution in [0, 0.1) is 0 Å². The number of sulfonamides is 1. The highest BCUT2D eigenvalue weighted by Crippen LogP contribution is 2.37. The molecule has 144 valence electrons. The standard InChI is InChI=1S/C19H21ClN2O4S/c1-3-15(13-7-5-4-6-8-13)21-19(23)18-12-22(27(2,24)25)16-11-14(20)9-10-17(16)26-18/h4-11,15,18H,3,12H2,1-2H3,(H,21,23)/t15-,18-/m0/s1. The molecule has 0 spiro atoms. The Morgan fingerprint density at radius 1 is 1.30 bits per heavy atom. The van der Waals surface area contributed by atoms with Crippen LogP contribution in [0.15, 0.2) is 48.5 Å². The van der Waals surface area contributed by atoms with Crippen molar-refractivity contribution in [3.8, 4) is 5.75 Å². The molecule has 0 unspecified atom stereocenters. The highest BCUT2D eigenvalue weighted by molar-refractivity contribution is 7.92. The molecule has 0 saturated carbocycles. The number of hydrogen-bond donors (Lipinski definition) is 1. The number of ether oxygens (including phenoxy) is 1. The molecule has 2 atom stereocenters. The Morgan fingerprint density at radius 2 is 2.00 bits per heavy atom. The quantitative estimate of drug-likeness (QED) is 0.824. The van der Waals surface area contributed by atoms with E-state index in [1.54, 1.807) is 12.1 Å². The van der Waals surface area contributed by atoms with E-state index in [1.807, 2.05) is 37.3 Å². The molecule has 1 amide bonds. The van der Waals surface area contributed by atoms with E-state index in [0.29, 0.717) is 22.9 Å². The molecule has 2 aromatic carbocycles. The van der Waals surface area contributed by atoms with Crippen LogP contribution in [-0.2, 0) is 14.8 Å². The molecule has 0 radical (unpaired) electrons. The zero-order valence-corrected chi connectivity index (χ0v) is 16.6. The molecule has 0 aromatic heterocycles. The van der Waals surface area contributed by atoms with E-state index in [0.717, 1.165) is 16.1 Å². The van der Waals surface area contributed by atoms with Gasteiger partial charge >= 0.3 is 0 Å². The molecule has 0 bridgehead atoms. The van der Waals surface area contributed by atoms with Crippen LogP contribution in [0.2, 0.25) is 5.02 Å². The van der Waals surface area contributed by atoms with Gasteiger partial charge in [0.2, 0.25) is 10.0 Å². The van der Waals surface area contributed by atoms with Gasteiger partial charge in [-0.15, -0.1) is 0 Å². The lowest BCUT2D eigenvalue weighted by Crippen LogP contribution is -2.51. The normalized spacial score (nSPS) is 17.6. The van der Waals surface area contributed by atoms with Crippen LogP contribution in [0.5, 0.6) is 5.75 Å². The van der Waals surface area contributed by atoms with Gasteiger partial charge in [-0.05, 0) is 30.2 Å². The fourth-order valence-electron chi connectivity index (χ4n) is 3.05. The third-order valence-corrected chi connectivity index (χ3v) is 5.79. The summed E-state index contributed by atoms with van der Waals surface area (Å²) in [6.07, 6.45) is 0.840. The van der Waals surface area contributed by atoms with Crippen LogP contribution in [0.4, 0.5) is 5.69 Å². The third kappa shape index (κ3) is 4.36. The molecule has 0 saturated heterocycles. The first-order chi connectivity index (χ1) is 12.8. The number of hydrogen-bond acceptors (Lipinski definition) is 4. The van der Waals surface area contributed by atoms with Crippen molar-refractivity contribution in [3.05, 3.63) is 59.1 Å². The monoisotopic (exact) mass is 408 g/mol. The average molecular weight is 409 g/mol. The second kappa shape index (κ2) is 7.78. The van der Waals surface area contributed by atoms with Crippen molar-refractivity contribution in [2.45, 2.75) is 25.5 Å². The summed E-state index contributed by atoms with van der Waals surface area (Å²) in [6.45, 7) is 1.86. The van der Waals surface area contributed by atoms with Crippen molar-refractivity contribution in [1.82, 2.24) is 5.32 Å².